The molecule has 1 aromatic rings. The molecule has 0 aromatic heterocycles. The van der Waals surface area contributed by atoms with Crippen LogP contribution in [-0.2, 0) is 19.1 Å². The summed E-state index contributed by atoms with van der Waals surface area (Å²) in [6, 6.07) is 6.96. The fourth-order valence-corrected chi connectivity index (χ4v) is 7.99. The second-order valence-corrected chi connectivity index (χ2v) is 12.4. The molecular weight excluding hydrogens is 520 g/mol. The molecule has 3 amide bonds. The van der Waals surface area contributed by atoms with Gasteiger partial charge in [-0.25, -0.2) is 0 Å². The van der Waals surface area contributed by atoms with Crippen LogP contribution in [0.4, 0.5) is 5.69 Å². The van der Waals surface area contributed by atoms with Crippen molar-refractivity contribution in [3.8, 4) is 5.75 Å². The molecule has 222 valence electrons. The molecule has 1 aromatic carbocycles. The molecule has 3 saturated heterocycles. The van der Waals surface area contributed by atoms with Crippen LogP contribution in [0.2, 0.25) is 0 Å². The molecule has 5 aliphatic rings. The topological polar surface area (TPSA) is 100 Å². The number of piperidine rings is 1. The molecule has 1 spiro atoms. The quantitative estimate of drug-likeness (QED) is 0.446. The molecule has 0 unspecified atom stereocenters. The van der Waals surface area contributed by atoms with E-state index >= 15 is 0 Å². The van der Waals surface area contributed by atoms with Gasteiger partial charge in [0.1, 0.15) is 17.4 Å². The molecule has 2 bridgehead atoms. The summed E-state index contributed by atoms with van der Waals surface area (Å²) in [5.74, 6) is -1.31. The Bertz CT molecular complexity index is 1170. The van der Waals surface area contributed by atoms with E-state index in [0.29, 0.717) is 24.0 Å². The molecule has 4 heterocycles. The summed E-state index contributed by atoms with van der Waals surface area (Å²) in [6.07, 6.45) is 13.2. The maximum absolute atomic E-state index is 14.3. The lowest BCUT2D eigenvalue weighted by atomic mass is 9.74. The average molecular weight is 565 g/mol. The Balaban J connectivity index is 1.26. The zero-order chi connectivity index (χ0) is 28.6. The number of ether oxygens (including phenoxy) is 2. The SMILES string of the molecule is CC[C@@H]1CCCCN1CCN1C(=O)[C@@H]2[C@H](C(=O)Nc3ccc(OC)cc3)[C@@H]3C=C[C@@]2(O3)[C@@H]1C(=O)NC1CCCCC1. The molecule has 1 saturated carbocycles. The van der Waals surface area contributed by atoms with Gasteiger partial charge in [0.2, 0.25) is 17.7 Å². The first kappa shape index (κ1) is 28.2. The highest BCUT2D eigenvalue weighted by Gasteiger charge is 2.72. The zero-order valence-electron chi connectivity index (χ0n) is 24.3. The Hall–Kier alpha value is -2.91. The number of fused-ring (bicyclic) bond motifs is 1. The highest BCUT2D eigenvalue weighted by Crippen LogP contribution is 2.55. The maximum atomic E-state index is 14.3. The molecular formula is C32H44N4O5. The van der Waals surface area contributed by atoms with Crippen molar-refractivity contribution in [1.29, 1.82) is 0 Å². The van der Waals surface area contributed by atoms with Crippen LogP contribution < -0.4 is 15.4 Å². The number of likely N-dealkylation sites (tertiary alicyclic amines) is 2. The molecule has 1 aliphatic carbocycles. The van der Waals surface area contributed by atoms with Crippen LogP contribution in [0.3, 0.4) is 0 Å². The van der Waals surface area contributed by atoms with Gasteiger partial charge >= 0.3 is 0 Å². The predicted molar refractivity (Wildman–Crippen MR) is 155 cm³/mol. The van der Waals surface area contributed by atoms with Crippen LogP contribution in [0.15, 0.2) is 36.4 Å². The monoisotopic (exact) mass is 564 g/mol. The van der Waals surface area contributed by atoms with Crippen LogP contribution in [0.5, 0.6) is 5.75 Å². The molecule has 9 nitrogen and oxygen atoms in total. The van der Waals surface area contributed by atoms with Gasteiger partial charge in [0, 0.05) is 30.9 Å². The third kappa shape index (κ3) is 5.16. The van der Waals surface area contributed by atoms with E-state index in [0.717, 1.165) is 51.6 Å². The summed E-state index contributed by atoms with van der Waals surface area (Å²) in [6.45, 7) is 4.40. The number of hydrogen-bond acceptors (Lipinski definition) is 6. The van der Waals surface area contributed by atoms with E-state index in [4.69, 9.17) is 9.47 Å². The molecule has 41 heavy (non-hydrogen) atoms. The third-order valence-electron chi connectivity index (χ3n) is 10.1. The van der Waals surface area contributed by atoms with E-state index < -0.39 is 29.6 Å². The lowest BCUT2D eigenvalue weighted by Crippen LogP contribution is -2.57. The normalized spacial score (nSPS) is 33.2. The highest BCUT2D eigenvalue weighted by molar-refractivity contribution is 6.02. The number of hydrogen-bond donors (Lipinski definition) is 2. The molecule has 2 N–H and O–H groups in total. The van der Waals surface area contributed by atoms with Crippen LogP contribution in [0.25, 0.3) is 0 Å². The van der Waals surface area contributed by atoms with Crippen molar-refractivity contribution >= 4 is 23.4 Å². The highest BCUT2D eigenvalue weighted by atomic mass is 16.5. The summed E-state index contributed by atoms with van der Waals surface area (Å²) < 4.78 is 11.8. The Labute approximate surface area is 243 Å². The Morgan fingerprint density at radius 2 is 1.78 bits per heavy atom. The molecule has 6 rings (SSSR count). The average Bonchev–Trinajstić information content (AvgIpc) is 3.64. The number of rotatable bonds is 9. The van der Waals surface area contributed by atoms with Crippen molar-refractivity contribution in [2.24, 2.45) is 11.8 Å². The first-order valence-electron chi connectivity index (χ1n) is 15.6. The van der Waals surface area contributed by atoms with Crippen LogP contribution in [-0.4, -0.2) is 84.1 Å². The van der Waals surface area contributed by atoms with Gasteiger partial charge in [-0.2, -0.15) is 0 Å². The predicted octanol–water partition coefficient (Wildman–Crippen LogP) is 3.50. The standard InChI is InChI=1S/C32H44N4O5/c1-3-23-11-7-8-18-35(23)19-20-36-28(30(38)34-21-9-5-4-6-10-21)32-17-16-25(41-32)26(27(32)31(36)39)29(37)33-22-12-14-24(40-2)15-13-22/h12-17,21,23,25-28H,3-11,18-20H2,1-2H3,(H,33,37)(H,34,38)/t23-,25+,26-,27+,28+,32+/m1/s1. The number of carbonyl (C=O) groups excluding carboxylic acids is 3. The lowest BCUT2D eigenvalue weighted by Gasteiger charge is -2.38. The molecule has 4 aliphatic heterocycles. The summed E-state index contributed by atoms with van der Waals surface area (Å²) in [5, 5.41) is 6.27. The smallest absolute Gasteiger partial charge is 0.246 e. The Morgan fingerprint density at radius 3 is 2.51 bits per heavy atom. The van der Waals surface area contributed by atoms with Gasteiger partial charge in [0.25, 0.3) is 0 Å². The minimum Gasteiger partial charge on any atom is -0.497 e. The van der Waals surface area contributed by atoms with Crippen LogP contribution in [0, 0.1) is 11.8 Å². The van der Waals surface area contributed by atoms with E-state index in [1.807, 2.05) is 12.2 Å². The maximum Gasteiger partial charge on any atom is 0.246 e. The summed E-state index contributed by atoms with van der Waals surface area (Å²) in [4.78, 5) is 46.2. The number of nitrogens with zero attached hydrogens (tertiary/aromatic N) is 2. The summed E-state index contributed by atoms with van der Waals surface area (Å²) >= 11 is 0. The van der Waals surface area contributed by atoms with Crippen molar-refractivity contribution in [3.63, 3.8) is 0 Å². The van der Waals surface area contributed by atoms with E-state index in [9.17, 15) is 14.4 Å². The number of carbonyl (C=O) groups is 3. The van der Waals surface area contributed by atoms with Gasteiger partial charge in [-0.15, -0.1) is 0 Å². The van der Waals surface area contributed by atoms with Crippen molar-refractivity contribution < 1.29 is 23.9 Å². The summed E-state index contributed by atoms with van der Waals surface area (Å²) in [5.41, 5.74) is -0.504. The van der Waals surface area contributed by atoms with Gasteiger partial charge in [-0.3, -0.25) is 19.3 Å². The first-order chi connectivity index (χ1) is 19.9. The minimum atomic E-state index is -1.13. The summed E-state index contributed by atoms with van der Waals surface area (Å²) in [7, 11) is 1.60. The number of methoxy groups -OCH3 is 1. The minimum absolute atomic E-state index is 0.118. The van der Waals surface area contributed by atoms with Crippen molar-refractivity contribution in [1.82, 2.24) is 15.1 Å². The van der Waals surface area contributed by atoms with Gasteiger partial charge < -0.3 is 25.0 Å². The van der Waals surface area contributed by atoms with Crippen LogP contribution >= 0.6 is 0 Å². The van der Waals surface area contributed by atoms with E-state index in [-0.39, 0.29) is 23.8 Å². The van der Waals surface area contributed by atoms with Crippen molar-refractivity contribution in [2.45, 2.75) is 94.5 Å². The number of benzene rings is 1. The third-order valence-corrected chi connectivity index (χ3v) is 10.1. The Kier molecular flexibility index (Phi) is 8.10. The first-order valence-corrected chi connectivity index (χ1v) is 15.6. The van der Waals surface area contributed by atoms with E-state index in [2.05, 4.69) is 22.5 Å². The van der Waals surface area contributed by atoms with Gasteiger partial charge in [0.15, 0.2) is 0 Å². The Morgan fingerprint density at radius 1 is 1.02 bits per heavy atom. The number of amides is 3. The van der Waals surface area contributed by atoms with Gasteiger partial charge in [-0.1, -0.05) is 44.8 Å². The number of nitrogens with one attached hydrogen (secondary N) is 2. The lowest BCUT2D eigenvalue weighted by molar-refractivity contribution is -0.141. The second-order valence-electron chi connectivity index (χ2n) is 12.4. The zero-order valence-corrected chi connectivity index (χ0v) is 24.3. The molecule has 6 atom stereocenters. The largest absolute Gasteiger partial charge is 0.497 e. The van der Waals surface area contributed by atoms with Crippen molar-refractivity contribution in [3.05, 3.63) is 36.4 Å². The fraction of sp³-hybridized carbons (Fsp3) is 0.656. The molecule has 0 radical (unpaired) electrons. The van der Waals surface area contributed by atoms with Gasteiger partial charge in [0.05, 0.1) is 25.0 Å². The fourth-order valence-electron chi connectivity index (χ4n) is 7.99. The number of anilines is 1. The van der Waals surface area contributed by atoms with E-state index in [1.165, 1.54) is 19.3 Å². The molecule has 4 fully saturated rings. The van der Waals surface area contributed by atoms with Gasteiger partial charge in [-0.05, 0) is 62.9 Å². The van der Waals surface area contributed by atoms with Crippen LogP contribution in [0.1, 0.15) is 64.7 Å². The van der Waals surface area contributed by atoms with Crippen molar-refractivity contribution in [2.75, 3.05) is 32.1 Å². The second kappa shape index (κ2) is 11.8. The van der Waals surface area contributed by atoms with E-state index in [1.54, 1.807) is 36.3 Å². The molecule has 9 heteroatoms.